The predicted molar refractivity (Wildman–Crippen MR) is 100 cm³/mol. The van der Waals surface area contributed by atoms with E-state index in [4.69, 9.17) is 4.98 Å². The fourth-order valence-electron chi connectivity index (χ4n) is 3.12. The molecule has 0 atom stereocenters. The monoisotopic (exact) mass is 323 g/mol. The second-order valence-electron chi connectivity index (χ2n) is 6.12. The average Bonchev–Trinajstić information content (AvgIpc) is 3.00. The van der Waals surface area contributed by atoms with Gasteiger partial charge in [0.2, 0.25) is 0 Å². The van der Waals surface area contributed by atoms with Crippen LogP contribution in [0.15, 0.2) is 72.9 Å². The smallest absolute Gasteiger partial charge is 0.137 e. The largest absolute Gasteiger partial charge is 0.302 e. The summed E-state index contributed by atoms with van der Waals surface area (Å²) in [5.41, 5.74) is 7.25. The van der Waals surface area contributed by atoms with E-state index >= 15 is 0 Å². The van der Waals surface area contributed by atoms with Crippen LogP contribution in [-0.4, -0.2) is 9.38 Å². The summed E-state index contributed by atoms with van der Waals surface area (Å²) in [5.74, 6) is 0. The molecule has 0 unspecified atom stereocenters. The molecule has 0 amide bonds. The molecule has 3 nitrogen and oxygen atoms in total. The van der Waals surface area contributed by atoms with Gasteiger partial charge in [-0.1, -0.05) is 54.6 Å². The number of benzene rings is 2. The van der Waals surface area contributed by atoms with Crippen molar-refractivity contribution in [3.05, 3.63) is 84.2 Å². The van der Waals surface area contributed by atoms with Crippen LogP contribution in [0.4, 0.5) is 0 Å². The third-order valence-electron chi connectivity index (χ3n) is 4.39. The van der Waals surface area contributed by atoms with Crippen LogP contribution in [0.5, 0.6) is 0 Å². The van der Waals surface area contributed by atoms with E-state index in [1.165, 1.54) is 11.1 Å². The lowest BCUT2D eigenvalue weighted by molar-refractivity contribution is 1.05. The van der Waals surface area contributed by atoms with E-state index in [9.17, 15) is 5.26 Å². The Hall–Kier alpha value is -3.38. The van der Waals surface area contributed by atoms with Gasteiger partial charge in [-0.3, -0.25) is 0 Å². The Morgan fingerprint density at radius 2 is 1.60 bits per heavy atom. The van der Waals surface area contributed by atoms with Gasteiger partial charge in [-0.15, -0.1) is 0 Å². The van der Waals surface area contributed by atoms with E-state index in [1.54, 1.807) is 0 Å². The van der Waals surface area contributed by atoms with E-state index in [-0.39, 0.29) is 0 Å². The third-order valence-corrected chi connectivity index (χ3v) is 4.39. The van der Waals surface area contributed by atoms with Crippen molar-refractivity contribution < 1.29 is 0 Å². The van der Waals surface area contributed by atoms with Gasteiger partial charge in [-0.05, 0) is 35.7 Å². The summed E-state index contributed by atoms with van der Waals surface area (Å²) in [5, 5.41) is 9.23. The van der Waals surface area contributed by atoms with Gasteiger partial charge in [0.1, 0.15) is 5.65 Å². The molecule has 0 fully saturated rings. The number of nitrogens with zero attached hydrogens (tertiary/aromatic N) is 3. The van der Waals surface area contributed by atoms with E-state index in [2.05, 4.69) is 42.5 Å². The molecule has 2 heterocycles. The molecule has 2 aromatic heterocycles. The van der Waals surface area contributed by atoms with E-state index in [0.717, 1.165) is 28.2 Å². The van der Waals surface area contributed by atoms with Crippen molar-refractivity contribution in [3.63, 3.8) is 0 Å². The number of imidazole rings is 1. The summed E-state index contributed by atoms with van der Waals surface area (Å²) in [6.07, 6.45) is 2.33. The number of hydrogen-bond donors (Lipinski definition) is 0. The second kappa shape index (κ2) is 6.26. The summed E-state index contributed by atoms with van der Waals surface area (Å²) >= 11 is 0. The highest BCUT2D eigenvalue weighted by molar-refractivity contribution is 5.72. The fraction of sp³-hybridized carbons (Fsp3) is 0.0909. The number of pyridine rings is 1. The lowest BCUT2D eigenvalue weighted by atomic mass is 10.0. The Morgan fingerprint density at radius 3 is 2.32 bits per heavy atom. The lowest BCUT2D eigenvalue weighted by Crippen LogP contribution is -1.93. The molecule has 0 saturated carbocycles. The quantitative estimate of drug-likeness (QED) is 0.530. The Labute approximate surface area is 146 Å². The molecule has 4 rings (SSSR count). The topological polar surface area (TPSA) is 41.1 Å². The van der Waals surface area contributed by atoms with Crippen LogP contribution in [0.3, 0.4) is 0 Å². The first kappa shape index (κ1) is 15.2. The molecule has 25 heavy (non-hydrogen) atoms. The van der Waals surface area contributed by atoms with Gasteiger partial charge in [0, 0.05) is 11.8 Å². The number of fused-ring (bicyclic) bond motifs is 1. The lowest BCUT2D eigenvalue weighted by Gasteiger charge is -2.04. The van der Waals surface area contributed by atoms with Crippen LogP contribution in [0.25, 0.3) is 28.0 Å². The summed E-state index contributed by atoms with van der Waals surface area (Å²) in [7, 11) is 0. The minimum atomic E-state index is 0.333. The first-order chi connectivity index (χ1) is 12.3. The fourth-order valence-corrected chi connectivity index (χ4v) is 3.12. The zero-order valence-electron chi connectivity index (χ0n) is 14.0. The third kappa shape index (κ3) is 2.79. The highest BCUT2D eigenvalue weighted by Gasteiger charge is 2.14. The van der Waals surface area contributed by atoms with Crippen LogP contribution in [0.2, 0.25) is 0 Å². The zero-order valence-corrected chi connectivity index (χ0v) is 14.0. The molecule has 0 aliphatic heterocycles. The maximum Gasteiger partial charge on any atom is 0.137 e. The van der Waals surface area contributed by atoms with Gasteiger partial charge in [-0.2, -0.15) is 5.26 Å². The molecule has 0 aliphatic rings. The zero-order chi connectivity index (χ0) is 17.2. The number of hydrogen-bond acceptors (Lipinski definition) is 2. The van der Waals surface area contributed by atoms with Crippen LogP contribution in [0.1, 0.15) is 11.3 Å². The van der Waals surface area contributed by atoms with Crippen molar-refractivity contribution in [1.29, 1.82) is 5.26 Å². The standard InChI is InChI=1S/C22H17N3/c1-16-12-14-25-20(11-13-23)22(24-21(25)15-16)19-9-7-18(8-10-19)17-5-3-2-4-6-17/h2-10,12,14-15H,11H2,1H3. The highest BCUT2D eigenvalue weighted by Crippen LogP contribution is 2.28. The second-order valence-corrected chi connectivity index (χ2v) is 6.12. The van der Waals surface area contributed by atoms with Crippen molar-refractivity contribution in [2.75, 3.05) is 0 Å². The Bertz CT molecular complexity index is 1070. The molecule has 120 valence electrons. The minimum absolute atomic E-state index is 0.333. The van der Waals surface area contributed by atoms with Crippen molar-refractivity contribution in [2.45, 2.75) is 13.3 Å². The van der Waals surface area contributed by atoms with Crippen LogP contribution in [0, 0.1) is 18.3 Å². The van der Waals surface area contributed by atoms with Gasteiger partial charge in [-0.25, -0.2) is 4.98 Å². The van der Waals surface area contributed by atoms with Gasteiger partial charge in [0.15, 0.2) is 0 Å². The molecule has 0 spiro atoms. The van der Waals surface area contributed by atoms with Gasteiger partial charge in [0.05, 0.1) is 23.9 Å². The number of rotatable bonds is 3. The SMILES string of the molecule is Cc1ccn2c(CC#N)c(-c3ccc(-c4ccccc4)cc3)nc2c1. The normalized spacial score (nSPS) is 10.7. The predicted octanol–water partition coefficient (Wildman–Crippen LogP) is 5.04. The number of nitriles is 1. The van der Waals surface area contributed by atoms with E-state index < -0.39 is 0 Å². The summed E-state index contributed by atoms with van der Waals surface area (Å²) in [6, 6.07) is 25.0. The molecule has 2 aromatic carbocycles. The number of aryl methyl sites for hydroxylation is 1. The van der Waals surface area contributed by atoms with E-state index in [1.807, 2.05) is 47.9 Å². The van der Waals surface area contributed by atoms with Gasteiger partial charge >= 0.3 is 0 Å². The average molecular weight is 323 g/mol. The molecule has 0 radical (unpaired) electrons. The van der Waals surface area contributed by atoms with Crippen molar-refractivity contribution in [2.24, 2.45) is 0 Å². The maximum atomic E-state index is 9.23. The highest BCUT2D eigenvalue weighted by atomic mass is 15.0. The minimum Gasteiger partial charge on any atom is -0.302 e. The molecule has 0 N–H and O–H groups in total. The van der Waals surface area contributed by atoms with Crippen molar-refractivity contribution >= 4 is 5.65 Å². The summed E-state index contributed by atoms with van der Waals surface area (Å²) < 4.78 is 2.01. The molecule has 3 heteroatoms. The van der Waals surface area contributed by atoms with E-state index in [0.29, 0.717) is 6.42 Å². The molecule has 0 aliphatic carbocycles. The van der Waals surface area contributed by atoms with Crippen molar-refractivity contribution in [3.8, 4) is 28.5 Å². The molecule has 4 aromatic rings. The number of aromatic nitrogens is 2. The molecular weight excluding hydrogens is 306 g/mol. The van der Waals surface area contributed by atoms with Crippen LogP contribution >= 0.6 is 0 Å². The Balaban J connectivity index is 1.81. The first-order valence-corrected chi connectivity index (χ1v) is 8.26. The van der Waals surface area contributed by atoms with Gasteiger partial charge < -0.3 is 4.40 Å². The van der Waals surface area contributed by atoms with Gasteiger partial charge in [0.25, 0.3) is 0 Å². The summed E-state index contributed by atoms with van der Waals surface area (Å²) in [4.78, 5) is 4.78. The summed E-state index contributed by atoms with van der Waals surface area (Å²) in [6.45, 7) is 2.05. The van der Waals surface area contributed by atoms with Crippen molar-refractivity contribution in [1.82, 2.24) is 9.38 Å². The Kier molecular flexibility index (Phi) is 3.80. The van der Waals surface area contributed by atoms with Crippen LogP contribution in [-0.2, 0) is 6.42 Å². The molecule has 0 bridgehead atoms. The Morgan fingerprint density at radius 1 is 0.920 bits per heavy atom. The van der Waals surface area contributed by atoms with Crippen LogP contribution < -0.4 is 0 Å². The maximum absolute atomic E-state index is 9.23. The molecular formula is C22H17N3. The first-order valence-electron chi connectivity index (χ1n) is 8.26. The molecule has 0 saturated heterocycles.